The van der Waals surface area contributed by atoms with Crippen molar-refractivity contribution < 1.29 is 9.47 Å². The van der Waals surface area contributed by atoms with Crippen molar-refractivity contribution in [2.45, 2.75) is 38.5 Å². The Morgan fingerprint density at radius 2 is 0.750 bits per heavy atom. The summed E-state index contributed by atoms with van der Waals surface area (Å²) in [4.78, 5) is 4.74. The second kappa shape index (κ2) is 10.9. The first kappa shape index (κ1) is 31.6. The maximum atomic E-state index is 6.67. The average molecular weight is 723 g/mol. The standard InChI is InChI=1S/C52H38N2O2/c1-51(2)39-15-7-5-13-35(39)37-27-49-45(29-41(37)51)53(43-17-9-11-19-47(43)55-49)33-23-21-32-26-34(24-22-31(32)25-33)54-44-18-10-12-20-48(44)56-50-28-38-36-14-6-8-16-40(36)52(3,4)42(38)30-46(50)54/h5-30H,1-4H3. The van der Waals surface area contributed by atoms with Crippen molar-refractivity contribution in [2.24, 2.45) is 0 Å². The molecule has 0 bridgehead atoms. The Morgan fingerprint density at radius 1 is 0.339 bits per heavy atom. The van der Waals surface area contributed by atoms with E-state index >= 15 is 0 Å². The van der Waals surface area contributed by atoms with Crippen molar-refractivity contribution in [1.82, 2.24) is 0 Å². The fourth-order valence-electron chi connectivity index (χ4n) is 9.95. The Hall–Kier alpha value is -6.78. The molecule has 0 N–H and O–H groups in total. The van der Waals surface area contributed by atoms with Crippen molar-refractivity contribution in [3.63, 3.8) is 0 Å². The first-order valence-corrected chi connectivity index (χ1v) is 19.5. The lowest BCUT2D eigenvalue weighted by Crippen LogP contribution is -2.19. The third-order valence-electron chi connectivity index (χ3n) is 12.8. The zero-order valence-corrected chi connectivity index (χ0v) is 31.7. The molecule has 12 rings (SSSR count). The molecule has 0 atom stereocenters. The van der Waals surface area contributed by atoms with Gasteiger partial charge in [0.05, 0.1) is 22.7 Å². The number of fused-ring (bicyclic) bond motifs is 11. The summed E-state index contributed by atoms with van der Waals surface area (Å²) in [6, 6.07) is 57.1. The summed E-state index contributed by atoms with van der Waals surface area (Å²) in [5.74, 6) is 3.44. The predicted molar refractivity (Wildman–Crippen MR) is 229 cm³/mol. The Morgan fingerprint density at radius 3 is 1.21 bits per heavy atom. The van der Waals surface area contributed by atoms with Crippen LogP contribution in [0.4, 0.5) is 34.1 Å². The first-order valence-electron chi connectivity index (χ1n) is 19.5. The van der Waals surface area contributed by atoms with E-state index in [0.717, 1.165) is 67.9 Å². The summed E-state index contributed by atoms with van der Waals surface area (Å²) in [6.07, 6.45) is 0. The van der Waals surface area contributed by atoms with E-state index in [2.05, 4.69) is 183 Å². The highest BCUT2D eigenvalue weighted by molar-refractivity contribution is 5.98. The minimum Gasteiger partial charge on any atom is -0.453 e. The largest absolute Gasteiger partial charge is 0.453 e. The highest BCUT2D eigenvalue weighted by Crippen LogP contribution is 2.59. The van der Waals surface area contributed by atoms with Gasteiger partial charge in [-0.1, -0.05) is 113 Å². The van der Waals surface area contributed by atoms with E-state index in [-0.39, 0.29) is 10.8 Å². The second-order valence-electron chi connectivity index (χ2n) is 16.6. The molecule has 4 heteroatoms. The summed E-state index contributed by atoms with van der Waals surface area (Å²) in [7, 11) is 0. The Balaban J connectivity index is 0.987. The molecule has 4 nitrogen and oxygen atoms in total. The molecule has 0 unspecified atom stereocenters. The number of nitrogens with zero attached hydrogens (tertiary/aromatic N) is 2. The second-order valence-corrected chi connectivity index (χ2v) is 16.6. The Labute approximate surface area is 326 Å². The van der Waals surface area contributed by atoms with Crippen LogP contribution in [0.3, 0.4) is 0 Å². The molecule has 2 aliphatic carbocycles. The van der Waals surface area contributed by atoms with Gasteiger partial charge in [0, 0.05) is 22.2 Å². The van der Waals surface area contributed by atoms with E-state index < -0.39 is 0 Å². The van der Waals surface area contributed by atoms with Gasteiger partial charge in [0.15, 0.2) is 23.0 Å². The summed E-state index contributed by atoms with van der Waals surface area (Å²) >= 11 is 0. The molecule has 0 radical (unpaired) electrons. The number of para-hydroxylation sites is 4. The average Bonchev–Trinajstić information content (AvgIpc) is 3.58. The van der Waals surface area contributed by atoms with Crippen LogP contribution in [-0.4, -0.2) is 0 Å². The van der Waals surface area contributed by atoms with Gasteiger partial charge >= 0.3 is 0 Å². The van der Waals surface area contributed by atoms with Crippen LogP contribution in [0, 0.1) is 0 Å². The smallest absolute Gasteiger partial charge is 0.152 e. The van der Waals surface area contributed by atoms with E-state index in [0.29, 0.717) is 0 Å². The number of rotatable bonds is 2. The lowest BCUT2D eigenvalue weighted by molar-refractivity contribution is 0.476. The van der Waals surface area contributed by atoms with Crippen LogP contribution >= 0.6 is 0 Å². The van der Waals surface area contributed by atoms with Crippen molar-refractivity contribution >= 4 is 44.9 Å². The minimum atomic E-state index is -0.125. The Kier molecular flexibility index (Phi) is 6.15. The van der Waals surface area contributed by atoms with Gasteiger partial charge < -0.3 is 19.3 Å². The molecule has 0 aromatic heterocycles. The third-order valence-corrected chi connectivity index (χ3v) is 12.8. The first-order chi connectivity index (χ1) is 27.3. The van der Waals surface area contributed by atoms with Gasteiger partial charge in [0.2, 0.25) is 0 Å². The number of anilines is 6. The molecule has 0 amide bonds. The lowest BCUT2D eigenvalue weighted by Gasteiger charge is -2.35. The van der Waals surface area contributed by atoms with Crippen LogP contribution < -0.4 is 19.3 Å². The normalized spacial score (nSPS) is 15.6. The monoisotopic (exact) mass is 722 g/mol. The predicted octanol–water partition coefficient (Wildman–Crippen LogP) is 14.6. The Bertz CT molecular complexity index is 2810. The highest BCUT2D eigenvalue weighted by Gasteiger charge is 2.40. The molecule has 4 aliphatic rings. The van der Waals surface area contributed by atoms with Gasteiger partial charge in [-0.05, 0) is 128 Å². The van der Waals surface area contributed by atoms with E-state index in [1.165, 1.54) is 44.5 Å². The van der Waals surface area contributed by atoms with Gasteiger partial charge in [-0.15, -0.1) is 0 Å². The fraction of sp³-hybridized carbons (Fsp3) is 0.115. The number of ether oxygens (including phenoxy) is 2. The van der Waals surface area contributed by atoms with Gasteiger partial charge in [-0.3, -0.25) is 0 Å². The zero-order chi connectivity index (χ0) is 37.5. The molecule has 56 heavy (non-hydrogen) atoms. The molecule has 0 spiro atoms. The molecule has 8 aromatic rings. The third kappa shape index (κ3) is 4.19. The van der Waals surface area contributed by atoms with Gasteiger partial charge in [-0.25, -0.2) is 0 Å². The summed E-state index contributed by atoms with van der Waals surface area (Å²) in [6.45, 7) is 9.33. The van der Waals surface area contributed by atoms with Crippen LogP contribution in [0.25, 0.3) is 33.0 Å². The molecule has 2 aliphatic heterocycles. The van der Waals surface area contributed by atoms with Crippen molar-refractivity contribution in [2.75, 3.05) is 9.80 Å². The maximum absolute atomic E-state index is 6.67. The molecule has 8 aromatic carbocycles. The maximum Gasteiger partial charge on any atom is 0.152 e. The quantitative estimate of drug-likeness (QED) is 0.177. The van der Waals surface area contributed by atoms with Gasteiger partial charge in [0.1, 0.15) is 0 Å². The highest BCUT2D eigenvalue weighted by atomic mass is 16.5. The fourth-order valence-corrected chi connectivity index (χ4v) is 9.95. The van der Waals surface area contributed by atoms with E-state index in [1.807, 2.05) is 12.1 Å². The molecule has 0 fully saturated rings. The zero-order valence-electron chi connectivity index (χ0n) is 31.7. The van der Waals surface area contributed by atoms with Crippen LogP contribution in [-0.2, 0) is 10.8 Å². The SMILES string of the molecule is CC1(C)c2ccccc2-c2cc3c(cc21)N(c1ccc2cc(N4c5ccccc5Oc5cc6c(cc54)C(C)(C)c4ccccc4-6)ccc2c1)c1ccccc1O3. The van der Waals surface area contributed by atoms with Crippen LogP contribution in [0.15, 0.2) is 158 Å². The number of hydrogen-bond acceptors (Lipinski definition) is 4. The molecule has 2 heterocycles. The van der Waals surface area contributed by atoms with Crippen LogP contribution in [0.2, 0.25) is 0 Å². The minimum absolute atomic E-state index is 0.125. The van der Waals surface area contributed by atoms with Crippen molar-refractivity contribution in [3.05, 3.63) is 180 Å². The summed E-state index contributed by atoms with van der Waals surface area (Å²) in [5.41, 5.74) is 16.5. The van der Waals surface area contributed by atoms with E-state index in [1.54, 1.807) is 0 Å². The topological polar surface area (TPSA) is 24.9 Å². The molecule has 0 saturated carbocycles. The summed E-state index contributed by atoms with van der Waals surface area (Å²) < 4.78 is 13.3. The van der Waals surface area contributed by atoms with Crippen molar-refractivity contribution in [3.8, 4) is 45.3 Å². The molecular weight excluding hydrogens is 685 g/mol. The van der Waals surface area contributed by atoms with E-state index in [4.69, 9.17) is 9.47 Å². The molecule has 0 saturated heterocycles. The summed E-state index contributed by atoms with van der Waals surface area (Å²) in [5, 5.41) is 2.33. The lowest BCUT2D eigenvalue weighted by atomic mass is 9.82. The van der Waals surface area contributed by atoms with Crippen LogP contribution in [0.1, 0.15) is 49.9 Å². The number of benzene rings is 8. The van der Waals surface area contributed by atoms with E-state index in [9.17, 15) is 0 Å². The van der Waals surface area contributed by atoms with Gasteiger partial charge in [-0.2, -0.15) is 0 Å². The number of hydrogen-bond donors (Lipinski definition) is 0. The van der Waals surface area contributed by atoms with Gasteiger partial charge in [0.25, 0.3) is 0 Å². The van der Waals surface area contributed by atoms with Crippen LogP contribution in [0.5, 0.6) is 23.0 Å². The molecular formula is C52H38N2O2. The molecule has 268 valence electrons. The van der Waals surface area contributed by atoms with Crippen molar-refractivity contribution in [1.29, 1.82) is 0 Å².